The van der Waals surface area contributed by atoms with Gasteiger partial charge in [0, 0.05) is 18.3 Å². The number of ether oxygens (including phenoxy) is 2. The number of sulfonamides is 1. The van der Waals surface area contributed by atoms with Gasteiger partial charge in [0.05, 0.1) is 19.0 Å². The quantitative estimate of drug-likeness (QED) is 0.749. The van der Waals surface area contributed by atoms with Crippen molar-refractivity contribution in [1.82, 2.24) is 0 Å². The van der Waals surface area contributed by atoms with Gasteiger partial charge in [-0.1, -0.05) is 0 Å². The summed E-state index contributed by atoms with van der Waals surface area (Å²) in [7, 11) is -3.45. The van der Waals surface area contributed by atoms with Crippen molar-refractivity contribution in [2.24, 2.45) is 5.14 Å². The topological polar surface area (TPSA) is 90.6 Å². The van der Waals surface area contributed by atoms with Crippen LogP contribution in [0.5, 0.6) is 11.5 Å². The van der Waals surface area contributed by atoms with E-state index in [2.05, 4.69) is 5.32 Å². The van der Waals surface area contributed by atoms with Crippen LogP contribution in [0.4, 0.5) is 5.69 Å². The molecule has 7 heteroatoms. The largest absolute Gasteiger partial charge is 0.490 e. The molecular formula is C12H20N2O4S. The molecule has 3 N–H and O–H groups in total. The van der Waals surface area contributed by atoms with E-state index >= 15 is 0 Å². The number of nitrogens with one attached hydrogen (secondary N) is 1. The Hall–Kier alpha value is -1.47. The summed E-state index contributed by atoms with van der Waals surface area (Å²) in [5.74, 6) is 1.18. The average molecular weight is 288 g/mol. The van der Waals surface area contributed by atoms with Gasteiger partial charge in [-0.05, 0) is 26.0 Å². The summed E-state index contributed by atoms with van der Waals surface area (Å²) in [5.41, 5.74) is 0.760. The van der Waals surface area contributed by atoms with Crippen molar-refractivity contribution in [3.8, 4) is 11.5 Å². The molecule has 0 radical (unpaired) electrons. The van der Waals surface area contributed by atoms with Gasteiger partial charge >= 0.3 is 0 Å². The van der Waals surface area contributed by atoms with E-state index in [9.17, 15) is 8.42 Å². The van der Waals surface area contributed by atoms with Gasteiger partial charge in [0.1, 0.15) is 0 Å². The fourth-order valence-corrected chi connectivity index (χ4v) is 1.89. The number of rotatable bonds is 8. The summed E-state index contributed by atoms with van der Waals surface area (Å²) >= 11 is 0. The Bertz CT molecular complexity index is 502. The Balaban J connectivity index is 2.71. The zero-order valence-electron chi connectivity index (χ0n) is 11.2. The molecule has 19 heavy (non-hydrogen) atoms. The highest BCUT2D eigenvalue weighted by molar-refractivity contribution is 7.89. The molecule has 0 bridgehead atoms. The molecule has 0 aliphatic heterocycles. The molecule has 6 nitrogen and oxygen atoms in total. The summed E-state index contributed by atoms with van der Waals surface area (Å²) in [6, 6.07) is 5.36. The molecule has 0 unspecified atom stereocenters. The van der Waals surface area contributed by atoms with Crippen LogP contribution in [0.2, 0.25) is 0 Å². The highest BCUT2D eigenvalue weighted by atomic mass is 32.2. The van der Waals surface area contributed by atoms with E-state index in [-0.39, 0.29) is 12.3 Å². The molecule has 0 atom stereocenters. The highest BCUT2D eigenvalue weighted by Crippen LogP contribution is 2.30. The van der Waals surface area contributed by atoms with Gasteiger partial charge in [0.25, 0.3) is 0 Å². The lowest BCUT2D eigenvalue weighted by Gasteiger charge is -2.13. The van der Waals surface area contributed by atoms with Crippen LogP contribution in [-0.4, -0.2) is 33.9 Å². The molecule has 0 fully saturated rings. The number of benzene rings is 1. The van der Waals surface area contributed by atoms with Crippen LogP contribution in [0.25, 0.3) is 0 Å². The summed E-state index contributed by atoms with van der Waals surface area (Å²) in [4.78, 5) is 0. The maximum atomic E-state index is 10.8. The SMILES string of the molecule is CCOc1ccc(NCCS(N)(=O)=O)cc1OCC. The van der Waals surface area contributed by atoms with Gasteiger partial charge in [-0.15, -0.1) is 0 Å². The van der Waals surface area contributed by atoms with Gasteiger partial charge in [-0.3, -0.25) is 0 Å². The molecule has 0 saturated carbocycles. The first-order valence-electron chi connectivity index (χ1n) is 6.10. The lowest BCUT2D eigenvalue weighted by atomic mass is 10.2. The molecule has 1 aromatic carbocycles. The summed E-state index contributed by atoms with van der Waals surface area (Å²) < 4.78 is 32.6. The molecule has 0 spiro atoms. The molecule has 1 aromatic rings. The van der Waals surface area contributed by atoms with Crippen LogP contribution >= 0.6 is 0 Å². The Morgan fingerprint density at radius 3 is 2.37 bits per heavy atom. The lowest BCUT2D eigenvalue weighted by Crippen LogP contribution is -2.22. The fourth-order valence-electron chi connectivity index (χ4n) is 1.50. The van der Waals surface area contributed by atoms with Crippen molar-refractivity contribution in [3.63, 3.8) is 0 Å². The first-order valence-corrected chi connectivity index (χ1v) is 7.81. The molecule has 0 aromatic heterocycles. The summed E-state index contributed by atoms with van der Waals surface area (Å²) in [6.45, 7) is 5.11. The first kappa shape index (κ1) is 15.6. The van der Waals surface area contributed by atoms with Crippen molar-refractivity contribution < 1.29 is 17.9 Å². The zero-order chi connectivity index (χ0) is 14.3. The van der Waals surface area contributed by atoms with Crippen molar-refractivity contribution in [1.29, 1.82) is 0 Å². The van der Waals surface area contributed by atoms with E-state index in [1.54, 1.807) is 18.2 Å². The third kappa shape index (κ3) is 5.80. The second-order valence-corrected chi connectivity index (χ2v) is 5.56. The molecule has 0 saturated heterocycles. The minimum absolute atomic E-state index is 0.121. The average Bonchev–Trinajstić information content (AvgIpc) is 2.31. The number of nitrogens with two attached hydrogens (primary N) is 1. The van der Waals surface area contributed by atoms with Crippen molar-refractivity contribution >= 4 is 15.7 Å². The van der Waals surface area contributed by atoms with E-state index in [1.165, 1.54) is 0 Å². The smallest absolute Gasteiger partial charge is 0.210 e. The lowest BCUT2D eigenvalue weighted by molar-refractivity contribution is 0.288. The van der Waals surface area contributed by atoms with E-state index in [0.717, 1.165) is 5.69 Å². The van der Waals surface area contributed by atoms with Crippen LogP contribution in [0, 0.1) is 0 Å². The molecular weight excluding hydrogens is 268 g/mol. The number of primary sulfonamides is 1. The first-order chi connectivity index (χ1) is 8.96. The van der Waals surface area contributed by atoms with E-state index in [4.69, 9.17) is 14.6 Å². The van der Waals surface area contributed by atoms with Gasteiger partial charge in [0.15, 0.2) is 11.5 Å². The Kier molecular flexibility index (Phi) is 5.91. The van der Waals surface area contributed by atoms with Crippen molar-refractivity contribution in [2.45, 2.75) is 13.8 Å². The Labute approximate surface area is 113 Å². The second-order valence-electron chi connectivity index (χ2n) is 3.82. The standard InChI is InChI=1S/C12H20N2O4S/c1-3-17-11-6-5-10(9-12(11)18-4-2)14-7-8-19(13,15)16/h5-6,9,14H,3-4,7-8H2,1-2H3,(H2,13,15,16). The van der Waals surface area contributed by atoms with Crippen LogP contribution in [-0.2, 0) is 10.0 Å². The Morgan fingerprint density at radius 1 is 1.16 bits per heavy atom. The predicted octanol–water partition coefficient (Wildman–Crippen LogP) is 1.18. The Morgan fingerprint density at radius 2 is 1.79 bits per heavy atom. The van der Waals surface area contributed by atoms with Crippen molar-refractivity contribution in [3.05, 3.63) is 18.2 Å². The van der Waals surface area contributed by atoms with E-state index in [0.29, 0.717) is 24.7 Å². The second kappa shape index (κ2) is 7.20. The molecule has 0 heterocycles. The van der Waals surface area contributed by atoms with Gasteiger partial charge in [-0.2, -0.15) is 0 Å². The molecule has 0 aliphatic carbocycles. The number of anilines is 1. The van der Waals surface area contributed by atoms with Crippen LogP contribution in [0.1, 0.15) is 13.8 Å². The van der Waals surface area contributed by atoms with Crippen molar-refractivity contribution in [2.75, 3.05) is 30.8 Å². The van der Waals surface area contributed by atoms with Crippen LogP contribution in [0.15, 0.2) is 18.2 Å². The van der Waals surface area contributed by atoms with E-state index < -0.39 is 10.0 Å². The third-order valence-corrected chi connectivity index (χ3v) is 3.03. The number of hydrogen-bond donors (Lipinski definition) is 2. The minimum atomic E-state index is -3.45. The molecule has 108 valence electrons. The van der Waals surface area contributed by atoms with Crippen LogP contribution < -0.4 is 19.9 Å². The van der Waals surface area contributed by atoms with E-state index in [1.807, 2.05) is 13.8 Å². The van der Waals surface area contributed by atoms with Gasteiger partial charge in [0.2, 0.25) is 10.0 Å². The summed E-state index contributed by atoms with van der Waals surface area (Å²) in [5, 5.41) is 7.90. The van der Waals surface area contributed by atoms with Gasteiger partial charge < -0.3 is 14.8 Å². The monoisotopic (exact) mass is 288 g/mol. The summed E-state index contributed by atoms with van der Waals surface area (Å²) in [6.07, 6.45) is 0. The molecule has 0 aliphatic rings. The molecule has 1 rings (SSSR count). The normalized spacial score (nSPS) is 11.1. The maximum absolute atomic E-state index is 10.8. The van der Waals surface area contributed by atoms with Crippen LogP contribution in [0.3, 0.4) is 0 Å². The molecule has 0 amide bonds. The highest BCUT2D eigenvalue weighted by Gasteiger charge is 2.07. The minimum Gasteiger partial charge on any atom is -0.490 e. The number of hydrogen-bond acceptors (Lipinski definition) is 5. The fraction of sp³-hybridized carbons (Fsp3) is 0.500. The predicted molar refractivity (Wildman–Crippen MR) is 75.2 cm³/mol. The zero-order valence-corrected chi connectivity index (χ0v) is 12.0. The van der Waals surface area contributed by atoms with Gasteiger partial charge in [-0.25, -0.2) is 13.6 Å². The third-order valence-electron chi connectivity index (χ3n) is 2.26. The maximum Gasteiger partial charge on any atom is 0.210 e.